The molecular weight excluding hydrogens is 438 g/mol. The normalized spacial score (nSPS) is 12.3. The van der Waals surface area contributed by atoms with Gasteiger partial charge in [0.25, 0.3) is 20.2 Å². The first-order chi connectivity index (χ1) is 12.7. The zero-order valence-corrected chi connectivity index (χ0v) is 16.7. The summed E-state index contributed by atoms with van der Waals surface area (Å²) in [4.78, 5) is -3.12. The van der Waals surface area contributed by atoms with Crippen molar-refractivity contribution in [2.75, 3.05) is 12.8 Å². The highest BCUT2D eigenvalue weighted by Crippen LogP contribution is 2.42. The van der Waals surface area contributed by atoms with Crippen LogP contribution in [-0.2, 0) is 30.1 Å². The molecule has 0 spiro atoms. The van der Waals surface area contributed by atoms with Crippen molar-refractivity contribution in [3.8, 4) is 11.5 Å². The average Bonchev–Trinajstić information content (AvgIpc) is 2.54. The van der Waals surface area contributed by atoms with Gasteiger partial charge in [-0.05, 0) is 24.6 Å². The molecule has 0 saturated carbocycles. The Hall–Kier alpha value is -2.23. The van der Waals surface area contributed by atoms with Gasteiger partial charge in [0.05, 0.1) is 10.6 Å². The van der Waals surface area contributed by atoms with E-state index in [-0.39, 0.29) is 0 Å². The number of sulfone groups is 1. The maximum absolute atomic E-state index is 12.4. The van der Waals surface area contributed by atoms with Crippen LogP contribution in [0.5, 0.6) is 11.5 Å². The first-order valence-electron chi connectivity index (χ1n) is 7.09. The van der Waals surface area contributed by atoms with Gasteiger partial charge < -0.3 is 15.9 Å². The number of hydrogen-bond acceptors (Lipinski definition) is 9. The number of phenolic OH excluding ortho intramolecular Hbond substituents is 2. The fourth-order valence-electron chi connectivity index (χ4n) is 2.31. The first kappa shape index (κ1) is 23.8. The summed E-state index contributed by atoms with van der Waals surface area (Å²) >= 11 is 0. The summed E-state index contributed by atoms with van der Waals surface area (Å²) in [6.45, 7) is 3.22. The molecule has 14 heteroatoms. The summed E-state index contributed by atoms with van der Waals surface area (Å²) in [6, 6.07) is 1.75. The third-order valence-corrected chi connectivity index (χ3v) is 6.70. The monoisotopic (exact) mass is 455 g/mol. The van der Waals surface area contributed by atoms with E-state index >= 15 is 0 Å². The number of aromatic hydroxyl groups is 2. The van der Waals surface area contributed by atoms with E-state index in [0.29, 0.717) is 18.2 Å². The second-order valence-corrected chi connectivity index (χ2v) is 9.90. The minimum Gasteiger partial charge on any atom is -0.507 e. The van der Waals surface area contributed by atoms with Gasteiger partial charge in [-0.3, -0.25) is 9.11 Å². The molecule has 0 heterocycles. The minimum atomic E-state index is -5.12. The Morgan fingerprint density at radius 2 is 1.50 bits per heavy atom. The van der Waals surface area contributed by atoms with Crippen LogP contribution in [0.25, 0.3) is 10.8 Å². The zero-order valence-electron chi connectivity index (χ0n) is 14.3. The molecule has 0 aliphatic carbocycles. The van der Waals surface area contributed by atoms with Gasteiger partial charge >= 0.3 is 0 Å². The molecule has 0 unspecified atom stereocenters. The van der Waals surface area contributed by atoms with Crippen molar-refractivity contribution < 1.29 is 44.6 Å². The Balaban J connectivity index is 0.00000190. The number of hydrogen-bond donors (Lipinski definition) is 5. The van der Waals surface area contributed by atoms with Crippen LogP contribution in [0, 0.1) is 0 Å². The van der Waals surface area contributed by atoms with E-state index in [2.05, 4.69) is 12.3 Å². The Morgan fingerprint density at radius 1 is 0.964 bits per heavy atom. The maximum atomic E-state index is 12.4. The predicted molar refractivity (Wildman–Crippen MR) is 99.3 cm³/mol. The van der Waals surface area contributed by atoms with Crippen molar-refractivity contribution in [1.29, 1.82) is 0 Å². The van der Waals surface area contributed by atoms with Gasteiger partial charge in [0, 0.05) is 11.5 Å². The molecule has 0 fully saturated rings. The quantitative estimate of drug-likeness (QED) is 0.305. The Morgan fingerprint density at radius 3 is 1.93 bits per heavy atom. The van der Waals surface area contributed by atoms with Crippen molar-refractivity contribution in [2.24, 2.45) is 5.73 Å². The zero-order chi connectivity index (χ0) is 22.1. The van der Waals surface area contributed by atoms with Crippen LogP contribution in [-0.4, -0.2) is 57.4 Å². The van der Waals surface area contributed by atoms with Crippen molar-refractivity contribution >= 4 is 40.8 Å². The summed E-state index contributed by atoms with van der Waals surface area (Å²) in [5.74, 6) is -3.07. The molecule has 2 rings (SSSR count). The fourth-order valence-corrected chi connectivity index (χ4v) is 4.95. The van der Waals surface area contributed by atoms with E-state index in [1.54, 1.807) is 0 Å². The standard InChI is InChI=1S/C13H12O10S3.CH5N/c1-2-3-24(16,17)13-11-7(5-10(12(13)15)26(21,22)23)4-8(6-9(11)14)25(18,19)20;1-2/h2,4-6,14-15H,1,3H2,(H,18,19,20)(H,21,22,23);2H2,1H3. The summed E-state index contributed by atoms with van der Waals surface area (Å²) < 4.78 is 88.5. The number of rotatable bonds is 5. The van der Waals surface area contributed by atoms with Crippen LogP contribution in [0.2, 0.25) is 0 Å². The highest BCUT2D eigenvalue weighted by molar-refractivity contribution is 7.92. The minimum absolute atomic E-state index is 0.481. The molecule has 0 aromatic heterocycles. The van der Waals surface area contributed by atoms with Crippen molar-refractivity contribution in [2.45, 2.75) is 14.7 Å². The topological polar surface area (TPSA) is 209 Å². The molecule has 28 heavy (non-hydrogen) atoms. The number of benzene rings is 2. The van der Waals surface area contributed by atoms with Crippen LogP contribution >= 0.6 is 0 Å². The Bertz CT molecular complexity index is 1250. The van der Waals surface area contributed by atoms with Gasteiger partial charge in [-0.2, -0.15) is 16.8 Å². The van der Waals surface area contributed by atoms with E-state index in [1.165, 1.54) is 7.05 Å². The van der Waals surface area contributed by atoms with Gasteiger partial charge in [0.15, 0.2) is 15.6 Å². The highest BCUT2D eigenvalue weighted by atomic mass is 32.2. The molecular formula is C14H17NO10S3. The van der Waals surface area contributed by atoms with Crippen LogP contribution in [0.3, 0.4) is 0 Å². The van der Waals surface area contributed by atoms with Crippen molar-refractivity contribution in [3.05, 3.63) is 30.9 Å². The van der Waals surface area contributed by atoms with E-state index in [0.717, 1.165) is 6.08 Å². The Labute approximate surface area is 161 Å². The SMILES string of the molecule is C=CCS(=O)(=O)c1c(O)c(S(=O)(=O)O)cc2cc(S(=O)(=O)O)cc(O)c12.CN. The van der Waals surface area contributed by atoms with E-state index in [4.69, 9.17) is 4.55 Å². The average molecular weight is 455 g/mol. The fraction of sp³-hybridized carbons (Fsp3) is 0.143. The van der Waals surface area contributed by atoms with E-state index in [1.807, 2.05) is 0 Å². The molecule has 0 atom stereocenters. The Kier molecular flexibility index (Phi) is 6.82. The lowest BCUT2D eigenvalue weighted by atomic mass is 10.1. The van der Waals surface area contributed by atoms with E-state index in [9.17, 15) is 40.0 Å². The number of phenols is 2. The van der Waals surface area contributed by atoms with Crippen LogP contribution in [0.15, 0.2) is 45.5 Å². The second kappa shape index (κ2) is 8.02. The molecule has 0 saturated heterocycles. The smallest absolute Gasteiger partial charge is 0.298 e. The van der Waals surface area contributed by atoms with Crippen LogP contribution < -0.4 is 5.73 Å². The van der Waals surface area contributed by atoms with Gasteiger partial charge in [0.2, 0.25) is 0 Å². The largest absolute Gasteiger partial charge is 0.507 e. The third-order valence-electron chi connectivity index (χ3n) is 3.31. The van der Waals surface area contributed by atoms with Gasteiger partial charge in [-0.1, -0.05) is 6.08 Å². The molecule has 156 valence electrons. The lowest BCUT2D eigenvalue weighted by molar-refractivity contribution is 0.431. The van der Waals surface area contributed by atoms with Gasteiger partial charge in [0.1, 0.15) is 15.5 Å². The maximum Gasteiger partial charge on any atom is 0.298 e. The molecule has 2 aromatic carbocycles. The second-order valence-electron chi connectivity index (χ2n) is 5.11. The molecule has 0 aliphatic rings. The summed E-state index contributed by atoms with van der Waals surface area (Å²) in [7, 11) is -12.9. The highest BCUT2D eigenvalue weighted by Gasteiger charge is 2.30. The molecule has 11 nitrogen and oxygen atoms in total. The third kappa shape index (κ3) is 4.60. The number of nitrogens with two attached hydrogens (primary N) is 1. The van der Waals surface area contributed by atoms with Gasteiger partial charge in [-0.25, -0.2) is 8.42 Å². The van der Waals surface area contributed by atoms with Crippen molar-refractivity contribution in [1.82, 2.24) is 0 Å². The predicted octanol–water partition coefficient (Wildman–Crippen LogP) is 0.279. The molecule has 6 N–H and O–H groups in total. The lowest BCUT2D eigenvalue weighted by Gasteiger charge is -2.14. The van der Waals surface area contributed by atoms with Crippen molar-refractivity contribution in [3.63, 3.8) is 0 Å². The molecule has 0 bridgehead atoms. The summed E-state index contributed by atoms with van der Waals surface area (Å²) in [5.41, 5.74) is 4.50. The lowest BCUT2D eigenvalue weighted by Crippen LogP contribution is -2.09. The first-order valence-corrected chi connectivity index (χ1v) is 11.6. The molecule has 0 amide bonds. The molecule has 0 radical (unpaired) electrons. The number of fused-ring (bicyclic) bond motifs is 1. The van der Waals surface area contributed by atoms with E-state index < -0.39 is 72.8 Å². The van der Waals surface area contributed by atoms with Crippen LogP contribution in [0.4, 0.5) is 0 Å². The summed E-state index contributed by atoms with van der Waals surface area (Å²) in [5, 5.41) is 19.1. The molecule has 0 aliphatic heterocycles. The molecule has 2 aromatic rings. The van der Waals surface area contributed by atoms with Gasteiger partial charge in [-0.15, -0.1) is 6.58 Å². The van der Waals surface area contributed by atoms with Crippen LogP contribution in [0.1, 0.15) is 0 Å². The summed E-state index contributed by atoms with van der Waals surface area (Å²) in [6.07, 6.45) is 0.935.